The predicted octanol–water partition coefficient (Wildman–Crippen LogP) is 3.76. The Morgan fingerprint density at radius 3 is 2.43 bits per heavy atom. The van der Waals surface area contributed by atoms with Gasteiger partial charge in [0.05, 0.1) is 12.8 Å². The zero-order chi connectivity index (χ0) is 15.2. The topological polar surface area (TPSA) is 42.4 Å². The van der Waals surface area contributed by atoms with Gasteiger partial charge >= 0.3 is 0 Å². The Hall–Kier alpha value is -1.87. The smallest absolute Gasteiger partial charge is 0.137 e. The highest BCUT2D eigenvalue weighted by atomic mass is 16.5. The van der Waals surface area contributed by atoms with E-state index in [4.69, 9.17) is 4.74 Å². The summed E-state index contributed by atoms with van der Waals surface area (Å²) in [5.41, 5.74) is 2.91. The Labute approximate surface area is 126 Å². The van der Waals surface area contributed by atoms with Crippen molar-refractivity contribution < 1.29 is 9.84 Å². The number of benzene rings is 1. The molecular formula is C18H23NO2. The molecule has 1 atom stereocenters. The van der Waals surface area contributed by atoms with Crippen LogP contribution in [0, 0.1) is 5.92 Å². The van der Waals surface area contributed by atoms with Crippen molar-refractivity contribution in [3.8, 4) is 5.75 Å². The van der Waals surface area contributed by atoms with E-state index < -0.39 is 6.10 Å². The second-order valence-corrected chi connectivity index (χ2v) is 5.63. The van der Waals surface area contributed by atoms with E-state index in [-0.39, 0.29) is 0 Å². The molecule has 0 amide bonds. The molecular weight excluding hydrogens is 262 g/mol. The second-order valence-electron chi connectivity index (χ2n) is 5.63. The fourth-order valence-corrected chi connectivity index (χ4v) is 2.33. The van der Waals surface area contributed by atoms with Crippen LogP contribution < -0.4 is 4.74 Å². The molecule has 1 heterocycles. The molecule has 0 aliphatic carbocycles. The molecule has 0 aliphatic heterocycles. The summed E-state index contributed by atoms with van der Waals surface area (Å²) in [7, 11) is 0. The number of ether oxygens (including phenoxy) is 1. The Morgan fingerprint density at radius 2 is 1.81 bits per heavy atom. The van der Waals surface area contributed by atoms with E-state index in [9.17, 15) is 5.11 Å². The molecule has 1 N–H and O–H groups in total. The molecule has 0 spiro atoms. The van der Waals surface area contributed by atoms with Crippen LogP contribution in [0.3, 0.4) is 0 Å². The molecule has 0 aliphatic rings. The first-order chi connectivity index (χ1) is 10.1. The van der Waals surface area contributed by atoms with Crippen molar-refractivity contribution in [2.45, 2.75) is 33.3 Å². The maximum Gasteiger partial charge on any atom is 0.137 e. The van der Waals surface area contributed by atoms with Gasteiger partial charge in [-0.1, -0.05) is 38.1 Å². The van der Waals surface area contributed by atoms with Crippen LogP contribution in [0.2, 0.25) is 0 Å². The molecule has 0 saturated heterocycles. The van der Waals surface area contributed by atoms with Gasteiger partial charge in [-0.05, 0) is 36.5 Å². The van der Waals surface area contributed by atoms with Crippen LogP contribution in [0.15, 0.2) is 42.7 Å². The number of aromatic nitrogens is 1. The average molecular weight is 285 g/mol. The molecule has 3 heteroatoms. The van der Waals surface area contributed by atoms with E-state index in [2.05, 4.69) is 31.0 Å². The van der Waals surface area contributed by atoms with Crippen LogP contribution in [0.5, 0.6) is 5.75 Å². The number of pyridine rings is 1. The van der Waals surface area contributed by atoms with Crippen LogP contribution in [0.25, 0.3) is 0 Å². The summed E-state index contributed by atoms with van der Waals surface area (Å²) in [6, 6.07) is 9.96. The summed E-state index contributed by atoms with van der Waals surface area (Å²) < 4.78 is 5.42. The van der Waals surface area contributed by atoms with Gasteiger partial charge in [-0.2, -0.15) is 0 Å². The molecule has 1 aromatic heterocycles. The Morgan fingerprint density at radius 1 is 1.10 bits per heavy atom. The largest absolute Gasteiger partial charge is 0.492 e. The van der Waals surface area contributed by atoms with Crippen molar-refractivity contribution in [2.75, 3.05) is 6.61 Å². The first-order valence-electron chi connectivity index (χ1n) is 7.44. The van der Waals surface area contributed by atoms with Gasteiger partial charge in [-0.3, -0.25) is 4.98 Å². The third kappa shape index (κ3) is 4.30. The minimum absolute atomic E-state index is 0.588. The van der Waals surface area contributed by atoms with Gasteiger partial charge in [0.2, 0.25) is 0 Å². The number of aliphatic hydroxyl groups is 1. The first-order valence-corrected chi connectivity index (χ1v) is 7.44. The van der Waals surface area contributed by atoms with Crippen LogP contribution >= 0.6 is 0 Å². The SMILES string of the molecule is CCOc1cncc(C(O)c2ccc(CC(C)C)cc2)c1. The van der Waals surface area contributed by atoms with Gasteiger partial charge in [0, 0.05) is 11.8 Å². The Bertz CT molecular complexity index is 564. The molecule has 0 fully saturated rings. The molecule has 3 nitrogen and oxygen atoms in total. The number of nitrogens with zero attached hydrogens (tertiary/aromatic N) is 1. The van der Waals surface area contributed by atoms with E-state index in [1.807, 2.05) is 25.1 Å². The first kappa shape index (κ1) is 15.5. The fourth-order valence-electron chi connectivity index (χ4n) is 2.33. The molecule has 112 valence electrons. The van der Waals surface area contributed by atoms with Crippen LogP contribution in [-0.2, 0) is 6.42 Å². The maximum absolute atomic E-state index is 10.5. The summed E-state index contributed by atoms with van der Waals surface area (Å²) in [5, 5.41) is 10.5. The molecule has 0 bridgehead atoms. The van der Waals surface area contributed by atoms with Crippen molar-refractivity contribution in [2.24, 2.45) is 5.92 Å². The standard InChI is InChI=1S/C18H23NO2/c1-4-21-17-10-16(11-19-12-17)18(20)15-7-5-14(6-8-15)9-13(2)3/h5-8,10-13,18,20H,4,9H2,1-3H3. The van der Waals surface area contributed by atoms with Gasteiger partial charge in [-0.15, -0.1) is 0 Å². The van der Waals surface area contributed by atoms with E-state index in [0.29, 0.717) is 18.3 Å². The predicted molar refractivity (Wildman–Crippen MR) is 84.5 cm³/mol. The van der Waals surface area contributed by atoms with Crippen molar-refractivity contribution in [3.05, 3.63) is 59.4 Å². The summed E-state index contributed by atoms with van der Waals surface area (Å²) in [5.74, 6) is 1.32. The van der Waals surface area contributed by atoms with Crippen molar-refractivity contribution in [1.82, 2.24) is 4.98 Å². The lowest BCUT2D eigenvalue weighted by molar-refractivity contribution is 0.219. The second kappa shape index (κ2) is 7.23. The van der Waals surface area contributed by atoms with Gasteiger partial charge in [-0.25, -0.2) is 0 Å². The number of hydrogen-bond acceptors (Lipinski definition) is 3. The number of hydrogen-bond donors (Lipinski definition) is 1. The van der Waals surface area contributed by atoms with Crippen LogP contribution in [0.4, 0.5) is 0 Å². The van der Waals surface area contributed by atoms with Gasteiger partial charge < -0.3 is 9.84 Å². The van der Waals surface area contributed by atoms with E-state index >= 15 is 0 Å². The summed E-state index contributed by atoms with van der Waals surface area (Å²) in [4.78, 5) is 4.12. The van der Waals surface area contributed by atoms with E-state index in [0.717, 1.165) is 17.5 Å². The average Bonchev–Trinajstić information content (AvgIpc) is 2.47. The maximum atomic E-state index is 10.5. The highest BCUT2D eigenvalue weighted by Crippen LogP contribution is 2.24. The zero-order valence-electron chi connectivity index (χ0n) is 12.9. The number of aliphatic hydroxyl groups excluding tert-OH is 1. The third-order valence-electron chi connectivity index (χ3n) is 3.30. The lowest BCUT2D eigenvalue weighted by Crippen LogP contribution is -2.02. The minimum Gasteiger partial charge on any atom is -0.492 e. The third-order valence-corrected chi connectivity index (χ3v) is 3.30. The molecule has 21 heavy (non-hydrogen) atoms. The monoisotopic (exact) mass is 285 g/mol. The molecule has 1 aromatic carbocycles. The van der Waals surface area contributed by atoms with Gasteiger partial charge in [0.1, 0.15) is 11.9 Å². The fraction of sp³-hybridized carbons (Fsp3) is 0.389. The molecule has 0 radical (unpaired) electrons. The molecule has 0 saturated carbocycles. The van der Waals surface area contributed by atoms with Crippen LogP contribution in [0.1, 0.15) is 43.6 Å². The number of rotatable bonds is 6. The quantitative estimate of drug-likeness (QED) is 0.878. The highest BCUT2D eigenvalue weighted by molar-refractivity contribution is 5.33. The zero-order valence-corrected chi connectivity index (χ0v) is 12.9. The summed E-state index contributed by atoms with van der Waals surface area (Å²) >= 11 is 0. The summed E-state index contributed by atoms with van der Waals surface area (Å²) in [6.45, 7) is 6.92. The molecule has 2 rings (SSSR count). The van der Waals surface area contributed by atoms with Crippen molar-refractivity contribution in [1.29, 1.82) is 0 Å². The Balaban J connectivity index is 2.15. The summed E-state index contributed by atoms with van der Waals surface area (Å²) in [6.07, 6.45) is 3.71. The lowest BCUT2D eigenvalue weighted by Gasteiger charge is -2.13. The normalized spacial score (nSPS) is 12.4. The molecule has 2 aromatic rings. The van der Waals surface area contributed by atoms with E-state index in [1.54, 1.807) is 12.4 Å². The molecule has 1 unspecified atom stereocenters. The Kier molecular flexibility index (Phi) is 5.34. The highest BCUT2D eigenvalue weighted by Gasteiger charge is 2.12. The minimum atomic E-state index is -0.675. The van der Waals surface area contributed by atoms with Gasteiger partial charge in [0.15, 0.2) is 0 Å². The van der Waals surface area contributed by atoms with Crippen molar-refractivity contribution >= 4 is 0 Å². The van der Waals surface area contributed by atoms with Crippen LogP contribution in [-0.4, -0.2) is 16.7 Å². The van der Waals surface area contributed by atoms with E-state index in [1.165, 1.54) is 5.56 Å². The lowest BCUT2D eigenvalue weighted by atomic mass is 9.98. The van der Waals surface area contributed by atoms with Crippen molar-refractivity contribution in [3.63, 3.8) is 0 Å². The van der Waals surface area contributed by atoms with Gasteiger partial charge in [0.25, 0.3) is 0 Å².